The van der Waals surface area contributed by atoms with Crippen LogP contribution in [0.5, 0.6) is 5.88 Å². The lowest BCUT2D eigenvalue weighted by Crippen LogP contribution is -2.12. The molecule has 0 amide bonds. The molecule has 0 radical (unpaired) electrons. The van der Waals surface area contributed by atoms with E-state index in [1.165, 1.54) is 0 Å². The molecule has 7 nitrogen and oxygen atoms in total. The quantitative estimate of drug-likeness (QED) is 0.869. The minimum Gasteiger partial charge on any atom is -0.481 e. The highest BCUT2D eigenvalue weighted by Gasteiger charge is 2.20. The summed E-state index contributed by atoms with van der Waals surface area (Å²) in [6.45, 7) is 4.40. The highest BCUT2D eigenvalue weighted by molar-refractivity contribution is 5.86. The van der Waals surface area contributed by atoms with Gasteiger partial charge >= 0.3 is 5.97 Å². The highest BCUT2D eigenvalue weighted by Crippen LogP contribution is 2.14. The molecule has 2 rings (SSSR count). The number of carbonyl (C=O) groups is 1. The van der Waals surface area contributed by atoms with Gasteiger partial charge in [-0.2, -0.15) is 0 Å². The second kappa shape index (κ2) is 6.34. The number of aromatic nitrogens is 4. The molecule has 0 saturated carbocycles. The van der Waals surface area contributed by atoms with Crippen LogP contribution in [0.15, 0.2) is 18.2 Å². The largest absolute Gasteiger partial charge is 0.481 e. The fourth-order valence-electron chi connectivity index (χ4n) is 2.03. The summed E-state index contributed by atoms with van der Waals surface area (Å²) in [6.07, 6.45) is 0.596. The highest BCUT2D eigenvalue weighted by atomic mass is 16.5. The zero-order chi connectivity index (χ0) is 15.4. The van der Waals surface area contributed by atoms with E-state index in [4.69, 9.17) is 4.74 Å². The Labute approximate surface area is 122 Å². The number of carboxylic acids is 1. The van der Waals surface area contributed by atoms with Gasteiger partial charge in [-0.3, -0.25) is 0 Å². The molecule has 2 aromatic rings. The summed E-state index contributed by atoms with van der Waals surface area (Å²) in [7, 11) is 1.55. The lowest BCUT2D eigenvalue weighted by Gasteiger charge is -2.09. The SMILES string of the molecule is COc1cccc(Cn2nnc(C(=O)O)c2CC(C)C)n1. The molecule has 0 unspecified atom stereocenters. The van der Waals surface area contributed by atoms with Gasteiger partial charge in [0.1, 0.15) is 0 Å². The van der Waals surface area contributed by atoms with E-state index >= 15 is 0 Å². The van der Waals surface area contributed by atoms with Crippen LogP contribution in [0.2, 0.25) is 0 Å². The van der Waals surface area contributed by atoms with Crippen LogP contribution in [0, 0.1) is 5.92 Å². The van der Waals surface area contributed by atoms with Crippen molar-refractivity contribution in [2.75, 3.05) is 7.11 Å². The predicted molar refractivity (Wildman–Crippen MR) is 75.4 cm³/mol. The number of ether oxygens (including phenoxy) is 1. The summed E-state index contributed by atoms with van der Waals surface area (Å²) in [5, 5.41) is 16.9. The Morgan fingerprint density at radius 2 is 2.19 bits per heavy atom. The molecule has 0 aliphatic rings. The van der Waals surface area contributed by atoms with E-state index in [-0.39, 0.29) is 5.69 Å². The maximum atomic E-state index is 11.2. The molecular formula is C14H18N4O3. The summed E-state index contributed by atoms with van der Waals surface area (Å²) in [5.74, 6) is -0.245. The second-order valence-electron chi connectivity index (χ2n) is 5.12. The molecular weight excluding hydrogens is 272 g/mol. The zero-order valence-electron chi connectivity index (χ0n) is 12.3. The van der Waals surface area contributed by atoms with Gasteiger partial charge in [0.05, 0.1) is 25.0 Å². The number of hydrogen-bond donors (Lipinski definition) is 1. The standard InChI is InChI=1S/C14H18N4O3/c1-9(2)7-11-13(14(19)20)16-17-18(11)8-10-5-4-6-12(15-10)21-3/h4-6,9H,7-8H2,1-3H3,(H,19,20). The molecule has 1 N–H and O–H groups in total. The number of aromatic carboxylic acids is 1. The minimum atomic E-state index is -1.06. The molecule has 0 bridgehead atoms. The van der Waals surface area contributed by atoms with Gasteiger partial charge in [0.15, 0.2) is 5.69 Å². The smallest absolute Gasteiger partial charge is 0.358 e. The molecule has 0 atom stereocenters. The average Bonchev–Trinajstić information content (AvgIpc) is 2.81. The average molecular weight is 290 g/mol. The molecule has 0 aromatic carbocycles. The monoisotopic (exact) mass is 290 g/mol. The molecule has 0 spiro atoms. The molecule has 2 aromatic heterocycles. The first-order chi connectivity index (χ1) is 10.0. The van der Waals surface area contributed by atoms with E-state index in [2.05, 4.69) is 15.3 Å². The third-order valence-corrected chi connectivity index (χ3v) is 2.94. The second-order valence-corrected chi connectivity index (χ2v) is 5.12. The molecule has 7 heteroatoms. The van der Waals surface area contributed by atoms with Gasteiger partial charge in [-0.25, -0.2) is 14.5 Å². The van der Waals surface area contributed by atoms with Crippen molar-refractivity contribution < 1.29 is 14.6 Å². The summed E-state index contributed by atoms with van der Waals surface area (Å²) in [6, 6.07) is 5.42. The first-order valence-electron chi connectivity index (χ1n) is 6.66. The fourth-order valence-corrected chi connectivity index (χ4v) is 2.03. The lowest BCUT2D eigenvalue weighted by atomic mass is 10.1. The van der Waals surface area contributed by atoms with Gasteiger partial charge in [-0.1, -0.05) is 25.1 Å². The van der Waals surface area contributed by atoms with Crippen molar-refractivity contribution in [1.29, 1.82) is 0 Å². The summed E-state index contributed by atoms with van der Waals surface area (Å²) in [5.41, 5.74) is 1.36. The Morgan fingerprint density at radius 3 is 2.81 bits per heavy atom. The van der Waals surface area contributed by atoms with Crippen molar-refractivity contribution in [3.8, 4) is 5.88 Å². The molecule has 0 fully saturated rings. The van der Waals surface area contributed by atoms with Crippen LogP contribution in [0.25, 0.3) is 0 Å². The number of nitrogens with zero attached hydrogens (tertiary/aromatic N) is 4. The molecule has 2 heterocycles. The Morgan fingerprint density at radius 1 is 1.43 bits per heavy atom. The molecule has 21 heavy (non-hydrogen) atoms. The summed E-state index contributed by atoms with van der Waals surface area (Å²) >= 11 is 0. The van der Waals surface area contributed by atoms with E-state index < -0.39 is 5.97 Å². The lowest BCUT2D eigenvalue weighted by molar-refractivity contribution is 0.0689. The maximum absolute atomic E-state index is 11.2. The van der Waals surface area contributed by atoms with Crippen molar-refractivity contribution in [2.24, 2.45) is 5.92 Å². The zero-order valence-corrected chi connectivity index (χ0v) is 12.3. The molecule has 0 saturated heterocycles. The van der Waals surface area contributed by atoms with Crippen molar-refractivity contribution in [3.63, 3.8) is 0 Å². The van der Waals surface area contributed by atoms with Crippen molar-refractivity contribution in [1.82, 2.24) is 20.0 Å². The van der Waals surface area contributed by atoms with Crippen LogP contribution in [-0.4, -0.2) is 38.2 Å². The number of methoxy groups -OCH3 is 1. The Balaban J connectivity index is 2.32. The normalized spacial score (nSPS) is 10.9. The van der Waals surface area contributed by atoms with Crippen LogP contribution >= 0.6 is 0 Å². The first-order valence-corrected chi connectivity index (χ1v) is 6.66. The number of pyridine rings is 1. The van der Waals surface area contributed by atoms with E-state index in [0.717, 1.165) is 5.69 Å². The number of rotatable bonds is 6. The minimum absolute atomic E-state index is 0.00611. The predicted octanol–water partition coefficient (Wildman–Crippen LogP) is 1.63. The van der Waals surface area contributed by atoms with Gasteiger partial charge in [0.2, 0.25) is 5.88 Å². The Bertz CT molecular complexity index is 637. The van der Waals surface area contributed by atoms with E-state index in [1.54, 1.807) is 17.9 Å². The third-order valence-electron chi connectivity index (χ3n) is 2.94. The van der Waals surface area contributed by atoms with Gasteiger partial charge in [-0.15, -0.1) is 5.10 Å². The molecule has 0 aliphatic carbocycles. The van der Waals surface area contributed by atoms with Crippen LogP contribution in [-0.2, 0) is 13.0 Å². The van der Waals surface area contributed by atoms with Gasteiger partial charge < -0.3 is 9.84 Å². The van der Waals surface area contributed by atoms with Gasteiger partial charge in [0, 0.05) is 6.07 Å². The van der Waals surface area contributed by atoms with Crippen LogP contribution in [0.1, 0.15) is 35.7 Å². The van der Waals surface area contributed by atoms with E-state index in [0.29, 0.717) is 30.5 Å². The summed E-state index contributed by atoms with van der Waals surface area (Å²) in [4.78, 5) is 15.5. The van der Waals surface area contributed by atoms with Gasteiger partial charge in [0.25, 0.3) is 0 Å². The first kappa shape index (κ1) is 15.0. The van der Waals surface area contributed by atoms with Crippen LogP contribution in [0.4, 0.5) is 0 Å². The van der Waals surface area contributed by atoms with Crippen LogP contribution < -0.4 is 4.74 Å². The summed E-state index contributed by atoms with van der Waals surface area (Å²) < 4.78 is 6.67. The number of hydrogen-bond acceptors (Lipinski definition) is 5. The topological polar surface area (TPSA) is 90.1 Å². The van der Waals surface area contributed by atoms with Crippen molar-refractivity contribution in [3.05, 3.63) is 35.3 Å². The third kappa shape index (κ3) is 3.56. The maximum Gasteiger partial charge on any atom is 0.358 e. The fraction of sp³-hybridized carbons (Fsp3) is 0.429. The van der Waals surface area contributed by atoms with Crippen LogP contribution in [0.3, 0.4) is 0 Å². The van der Waals surface area contributed by atoms with Crippen molar-refractivity contribution >= 4 is 5.97 Å². The van der Waals surface area contributed by atoms with Crippen molar-refractivity contribution in [2.45, 2.75) is 26.8 Å². The van der Waals surface area contributed by atoms with Gasteiger partial charge in [-0.05, 0) is 18.4 Å². The van der Waals surface area contributed by atoms with E-state index in [1.807, 2.05) is 26.0 Å². The Hall–Kier alpha value is -2.44. The van der Waals surface area contributed by atoms with E-state index in [9.17, 15) is 9.90 Å². The molecule has 112 valence electrons. The number of carboxylic acid groups (broad SMARTS) is 1. The Kier molecular flexibility index (Phi) is 4.52. The molecule has 0 aliphatic heterocycles.